The summed E-state index contributed by atoms with van der Waals surface area (Å²) in [4.78, 5) is 14.1. The Labute approximate surface area is 117 Å². The molecule has 1 aliphatic rings. The summed E-state index contributed by atoms with van der Waals surface area (Å²) in [5.74, 6) is 0.742. The molecule has 19 heavy (non-hydrogen) atoms. The molecule has 4 heteroatoms. The topological polar surface area (TPSA) is 55.6 Å². The molecule has 0 aromatic heterocycles. The summed E-state index contributed by atoms with van der Waals surface area (Å²) in [5.41, 5.74) is 6.10. The second-order valence-electron chi connectivity index (χ2n) is 5.46. The minimum Gasteiger partial charge on any atom is -0.380 e. The summed E-state index contributed by atoms with van der Waals surface area (Å²) in [6, 6.07) is -0.329. The number of amides is 1. The molecule has 4 nitrogen and oxygen atoms in total. The summed E-state index contributed by atoms with van der Waals surface area (Å²) in [6.07, 6.45) is 7.28. The summed E-state index contributed by atoms with van der Waals surface area (Å²) in [5, 5.41) is 0. The van der Waals surface area contributed by atoms with E-state index < -0.39 is 0 Å². The number of ether oxygens (including phenoxy) is 1. The first-order chi connectivity index (χ1) is 9.19. The Morgan fingerprint density at radius 1 is 1.32 bits per heavy atom. The Kier molecular flexibility index (Phi) is 8.07. The molecule has 1 atom stereocenters. The molecular weight excluding hydrogens is 240 g/mol. The van der Waals surface area contributed by atoms with E-state index in [1.54, 1.807) is 0 Å². The third kappa shape index (κ3) is 5.91. The Bertz CT molecular complexity index is 253. The summed E-state index contributed by atoms with van der Waals surface area (Å²) < 4.78 is 5.31. The normalized spacial score (nSPS) is 18.3. The van der Waals surface area contributed by atoms with Crippen LogP contribution >= 0.6 is 0 Å². The molecule has 2 N–H and O–H groups in total. The van der Waals surface area contributed by atoms with Crippen molar-refractivity contribution in [2.45, 2.75) is 58.4 Å². The maximum atomic E-state index is 12.3. The molecule has 1 saturated carbocycles. The van der Waals surface area contributed by atoms with Gasteiger partial charge in [-0.15, -0.1) is 0 Å². The van der Waals surface area contributed by atoms with E-state index >= 15 is 0 Å². The van der Waals surface area contributed by atoms with Crippen LogP contribution in [0.5, 0.6) is 0 Å². The van der Waals surface area contributed by atoms with Gasteiger partial charge in [0.1, 0.15) is 0 Å². The van der Waals surface area contributed by atoms with E-state index in [-0.39, 0.29) is 11.9 Å². The second-order valence-corrected chi connectivity index (χ2v) is 5.46. The van der Waals surface area contributed by atoms with Gasteiger partial charge >= 0.3 is 0 Å². The van der Waals surface area contributed by atoms with Gasteiger partial charge in [0.25, 0.3) is 0 Å². The zero-order valence-electron chi connectivity index (χ0n) is 12.6. The molecule has 1 aliphatic carbocycles. The SMILES string of the molecule is CCOCCN(CC)C(=O)C(N)CC1CCCCC1. The predicted molar refractivity (Wildman–Crippen MR) is 77.9 cm³/mol. The van der Waals surface area contributed by atoms with E-state index in [1.807, 2.05) is 18.7 Å². The second kappa shape index (κ2) is 9.32. The highest BCUT2D eigenvalue weighted by atomic mass is 16.5. The van der Waals surface area contributed by atoms with Gasteiger partial charge in [-0.1, -0.05) is 32.1 Å². The lowest BCUT2D eigenvalue weighted by atomic mass is 9.85. The van der Waals surface area contributed by atoms with Crippen molar-refractivity contribution >= 4 is 5.91 Å². The van der Waals surface area contributed by atoms with Gasteiger partial charge < -0.3 is 15.4 Å². The Hall–Kier alpha value is -0.610. The van der Waals surface area contributed by atoms with Crippen molar-refractivity contribution in [1.82, 2.24) is 4.90 Å². The average Bonchev–Trinajstić information content (AvgIpc) is 2.44. The molecule has 0 heterocycles. The number of hydrogen-bond acceptors (Lipinski definition) is 3. The predicted octanol–water partition coefficient (Wildman–Crippen LogP) is 2.17. The van der Waals surface area contributed by atoms with Gasteiger partial charge in [-0.05, 0) is 26.2 Å². The van der Waals surface area contributed by atoms with E-state index in [9.17, 15) is 4.79 Å². The summed E-state index contributed by atoms with van der Waals surface area (Å²) >= 11 is 0. The molecule has 1 fully saturated rings. The first-order valence-electron chi connectivity index (χ1n) is 7.81. The van der Waals surface area contributed by atoms with Crippen LogP contribution in [0.15, 0.2) is 0 Å². The number of carbonyl (C=O) groups is 1. The fourth-order valence-electron chi connectivity index (χ4n) is 2.86. The van der Waals surface area contributed by atoms with Crippen molar-refractivity contribution in [1.29, 1.82) is 0 Å². The largest absolute Gasteiger partial charge is 0.380 e. The molecule has 0 spiro atoms. The molecule has 0 aromatic rings. The van der Waals surface area contributed by atoms with Gasteiger partial charge in [-0.2, -0.15) is 0 Å². The molecule has 1 rings (SSSR count). The number of rotatable bonds is 8. The van der Waals surface area contributed by atoms with Crippen molar-refractivity contribution in [3.8, 4) is 0 Å². The highest BCUT2D eigenvalue weighted by molar-refractivity contribution is 5.81. The minimum atomic E-state index is -0.329. The van der Waals surface area contributed by atoms with Crippen molar-refractivity contribution in [3.63, 3.8) is 0 Å². The smallest absolute Gasteiger partial charge is 0.239 e. The third-order valence-corrected chi connectivity index (χ3v) is 4.03. The molecule has 1 unspecified atom stereocenters. The van der Waals surface area contributed by atoms with E-state index in [1.165, 1.54) is 32.1 Å². The Balaban J connectivity index is 2.34. The fourth-order valence-corrected chi connectivity index (χ4v) is 2.86. The monoisotopic (exact) mass is 270 g/mol. The number of likely N-dealkylation sites (N-methyl/N-ethyl adjacent to an activating group) is 1. The molecule has 0 radical (unpaired) electrons. The van der Waals surface area contributed by atoms with Crippen LogP contribution in [0.4, 0.5) is 0 Å². The van der Waals surface area contributed by atoms with Crippen LogP contribution in [-0.2, 0) is 9.53 Å². The summed E-state index contributed by atoms with van der Waals surface area (Å²) in [7, 11) is 0. The van der Waals surface area contributed by atoms with Gasteiger partial charge in [-0.3, -0.25) is 4.79 Å². The Morgan fingerprint density at radius 2 is 2.00 bits per heavy atom. The Morgan fingerprint density at radius 3 is 2.58 bits per heavy atom. The highest BCUT2D eigenvalue weighted by Gasteiger charge is 2.24. The molecule has 0 aliphatic heterocycles. The maximum Gasteiger partial charge on any atom is 0.239 e. The van der Waals surface area contributed by atoms with Gasteiger partial charge in [-0.25, -0.2) is 0 Å². The molecule has 1 amide bonds. The van der Waals surface area contributed by atoms with E-state index in [0.29, 0.717) is 32.2 Å². The van der Waals surface area contributed by atoms with Crippen LogP contribution < -0.4 is 5.73 Å². The standard InChI is InChI=1S/C15H30N2O2/c1-3-17(10-11-19-4-2)15(18)14(16)12-13-8-6-5-7-9-13/h13-14H,3-12,16H2,1-2H3. The number of nitrogens with zero attached hydrogens (tertiary/aromatic N) is 1. The van der Waals surface area contributed by atoms with Crippen LogP contribution in [0.3, 0.4) is 0 Å². The van der Waals surface area contributed by atoms with Crippen LogP contribution in [0.1, 0.15) is 52.4 Å². The van der Waals surface area contributed by atoms with Gasteiger partial charge in [0.05, 0.1) is 12.6 Å². The first-order valence-corrected chi connectivity index (χ1v) is 7.81. The third-order valence-electron chi connectivity index (χ3n) is 4.03. The first kappa shape index (κ1) is 16.4. The van der Waals surface area contributed by atoms with Crippen molar-refractivity contribution in [2.75, 3.05) is 26.3 Å². The summed E-state index contributed by atoms with van der Waals surface area (Å²) in [6.45, 7) is 6.63. The molecule has 0 aromatic carbocycles. The fraction of sp³-hybridized carbons (Fsp3) is 0.933. The van der Waals surface area contributed by atoms with Gasteiger partial charge in [0.15, 0.2) is 0 Å². The lowest BCUT2D eigenvalue weighted by Gasteiger charge is -2.28. The number of nitrogens with two attached hydrogens (primary N) is 1. The number of hydrogen-bond donors (Lipinski definition) is 1. The van der Waals surface area contributed by atoms with Crippen LogP contribution in [0.25, 0.3) is 0 Å². The van der Waals surface area contributed by atoms with E-state index in [0.717, 1.165) is 6.42 Å². The quantitative estimate of drug-likeness (QED) is 0.688. The molecule has 0 saturated heterocycles. The maximum absolute atomic E-state index is 12.3. The van der Waals surface area contributed by atoms with Crippen molar-refractivity contribution in [2.24, 2.45) is 11.7 Å². The lowest BCUT2D eigenvalue weighted by Crippen LogP contribution is -2.46. The number of carbonyl (C=O) groups excluding carboxylic acids is 1. The van der Waals surface area contributed by atoms with Crippen molar-refractivity contribution < 1.29 is 9.53 Å². The van der Waals surface area contributed by atoms with E-state index in [4.69, 9.17) is 10.5 Å². The average molecular weight is 270 g/mol. The molecular formula is C15H30N2O2. The van der Waals surface area contributed by atoms with E-state index in [2.05, 4.69) is 0 Å². The van der Waals surface area contributed by atoms with Crippen molar-refractivity contribution in [3.05, 3.63) is 0 Å². The minimum absolute atomic E-state index is 0.0905. The lowest BCUT2D eigenvalue weighted by molar-refractivity contribution is -0.133. The van der Waals surface area contributed by atoms with Gasteiger partial charge in [0.2, 0.25) is 5.91 Å². The van der Waals surface area contributed by atoms with Crippen LogP contribution in [-0.4, -0.2) is 43.2 Å². The van der Waals surface area contributed by atoms with Crippen LogP contribution in [0.2, 0.25) is 0 Å². The zero-order valence-corrected chi connectivity index (χ0v) is 12.6. The molecule has 0 bridgehead atoms. The zero-order chi connectivity index (χ0) is 14.1. The van der Waals surface area contributed by atoms with Gasteiger partial charge in [0, 0.05) is 19.7 Å². The molecule has 112 valence electrons. The highest BCUT2D eigenvalue weighted by Crippen LogP contribution is 2.27. The van der Waals surface area contributed by atoms with Crippen LogP contribution in [0, 0.1) is 5.92 Å².